The molecule has 1 atom stereocenters. The van der Waals surface area contributed by atoms with Crippen LogP contribution in [0.3, 0.4) is 0 Å². The van der Waals surface area contributed by atoms with Crippen molar-refractivity contribution in [3.63, 3.8) is 0 Å². The molecule has 4 rings (SSSR count). The molecule has 2 aromatic carbocycles. The van der Waals surface area contributed by atoms with Crippen LogP contribution in [0.1, 0.15) is 27.3 Å². The van der Waals surface area contributed by atoms with E-state index in [1.54, 1.807) is 19.2 Å². The summed E-state index contributed by atoms with van der Waals surface area (Å²) in [6.45, 7) is 2.05. The number of nitrogens with two attached hydrogens (primary N) is 1. The van der Waals surface area contributed by atoms with Gasteiger partial charge in [-0.15, -0.1) is 0 Å². The number of methoxy groups -OCH3 is 1. The van der Waals surface area contributed by atoms with Crippen LogP contribution in [-0.4, -0.2) is 35.7 Å². The first-order valence-electron chi connectivity index (χ1n) is 11.1. The van der Waals surface area contributed by atoms with Gasteiger partial charge in [-0.3, -0.25) is 9.97 Å². The number of hydrogen-bond donors (Lipinski definition) is 1. The number of nitrogens with zero attached hydrogens (tertiary/aromatic N) is 2. The first-order valence-corrected chi connectivity index (χ1v) is 11.1. The Hall–Kier alpha value is -4.04. The Kier molecular flexibility index (Phi) is 7.52. The third-order valence-corrected chi connectivity index (χ3v) is 5.35. The van der Waals surface area contributed by atoms with Gasteiger partial charge in [-0.25, -0.2) is 9.18 Å². The number of carbonyl (C=O) groups excluding carboxylic acids is 1. The highest BCUT2D eigenvalue weighted by molar-refractivity contribution is 6.06. The molecule has 0 unspecified atom stereocenters. The SMILES string of the molecule is COc1cc(C)nc(C[C@@H](N)COc2ccc3ncc(F)cc3c2C(=O)OCc2ccccc2)c1. The summed E-state index contributed by atoms with van der Waals surface area (Å²) in [4.78, 5) is 21.7. The summed E-state index contributed by atoms with van der Waals surface area (Å²) in [7, 11) is 1.59. The highest BCUT2D eigenvalue weighted by Gasteiger charge is 2.21. The predicted molar refractivity (Wildman–Crippen MR) is 130 cm³/mol. The molecule has 0 bridgehead atoms. The Bertz CT molecular complexity index is 1330. The van der Waals surface area contributed by atoms with Crippen molar-refractivity contribution in [1.82, 2.24) is 9.97 Å². The largest absolute Gasteiger partial charge is 0.497 e. The standard InChI is InChI=1S/C27H26FN3O4/c1-17-10-22(33-2)13-21(31-17)12-20(29)16-34-25-9-8-24-23(11-19(28)14-30-24)26(25)27(32)35-15-18-6-4-3-5-7-18/h3-11,13-14,20H,12,15-16,29H2,1-2H3/t20-/m1/s1. The summed E-state index contributed by atoms with van der Waals surface area (Å²) in [6, 6.07) is 17.1. The third kappa shape index (κ3) is 6.10. The maximum atomic E-state index is 14.0. The second kappa shape index (κ2) is 10.9. The molecule has 0 saturated carbocycles. The molecule has 0 radical (unpaired) electrons. The van der Waals surface area contributed by atoms with Crippen molar-refractivity contribution >= 4 is 16.9 Å². The van der Waals surface area contributed by atoms with Crippen LogP contribution >= 0.6 is 0 Å². The summed E-state index contributed by atoms with van der Waals surface area (Å²) in [5.41, 5.74) is 9.27. The van der Waals surface area contributed by atoms with Crippen molar-refractivity contribution in [2.75, 3.05) is 13.7 Å². The van der Waals surface area contributed by atoms with E-state index in [0.29, 0.717) is 23.1 Å². The van der Waals surface area contributed by atoms with Gasteiger partial charge in [0.15, 0.2) is 0 Å². The Balaban J connectivity index is 1.54. The number of halogens is 1. The molecule has 0 aliphatic rings. The second-order valence-corrected chi connectivity index (χ2v) is 8.14. The van der Waals surface area contributed by atoms with Gasteiger partial charge in [0.1, 0.15) is 36.1 Å². The molecular weight excluding hydrogens is 449 g/mol. The number of fused-ring (bicyclic) bond motifs is 1. The van der Waals surface area contributed by atoms with E-state index in [1.807, 2.05) is 49.4 Å². The molecule has 2 heterocycles. The van der Waals surface area contributed by atoms with E-state index in [4.69, 9.17) is 19.9 Å². The summed E-state index contributed by atoms with van der Waals surface area (Å²) < 4.78 is 30.8. The van der Waals surface area contributed by atoms with Crippen molar-refractivity contribution in [3.05, 3.63) is 95.2 Å². The van der Waals surface area contributed by atoms with Gasteiger partial charge < -0.3 is 19.9 Å². The molecule has 0 amide bonds. The van der Waals surface area contributed by atoms with Gasteiger partial charge in [0.2, 0.25) is 0 Å². The predicted octanol–water partition coefficient (Wildman–Crippen LogP) is 4.39. The van der Waals surface area contributed by atoms with E-state index in [-0.39, 0.29) is 24.5 Å². The Morgan fingerprint density at radius 3 is 2.69 bits per heavy atom. The lowest BCUT2D eigenvalue weighted by Gasteiger charge is -2.17. The number of rotatable bonds is 9. The average Bonchev–Trinajstić information content (AvgIpc) is 2.85. The molecule has 0 fully saturated rings. The van der Waals surface area contributed by atoms with Crippen molar-refractivity contribution in [1.29, 1.82) is 0 Å². The van der Waals surface area contributed by atoms with Crippen LogP contribution in [0.15, 0.2) is 66.9 Å². The fourth-order valence-corrected chi connectivity index (χ4v) is 3.73. The van der Waals surface area contributed by atoms with E-state index in [1.165, 1.54) is 6.07 Å². The smallest absolute Gasteiger partial charge is 0.342 e. The van der Waals surface area contributed by atoms with Gasteiger partial charge in [0, 0.05) is 41.4 Å². The number of aromatic nitrogens is 2. The van der Waals surface area contributed by atoms with Crippen LogP contribution in [-0.2, 0) is 17.8 Å². The minimum Gasteiger partial charge on any atom is -0.497 e. The van der Waals surface area contributed by atoms with Crippen LogP contribution in [0.4, 0.5) is 4.39 Å². The lowest BCUT2D eigenvalue weighted by molar-refractivity contribution is 0.0470. The molecule has 0 saturated heterocycles. The molecule has 0 aliphatic heterocycles. The van der Waals surface area contributed by atoms with Gasteiger partial charge in [0.25, 0.3) is 0 Å². The minimum absolute atomic E-state index is 0.0681. The number of benzene rings is 2. The van der Waals surface area contributed by atoms with E-state index >= 15 is 0 Å². The molecule has 2 N–H and O–H groups in total. The lowest BCUT2D eigenvalue weighted by atomic mass is 10.1. The van der Waals surface area contributed by atoms with E-state index in [0.717, 1.165) is 23.1 Å². The van der Waals surface area contributed by atoms with Crippen molar-refractivity contribution in [2.24, 2.45) is 5.73 Å². The number of pyridine rings is 2. The van der Waals surface area contributed by atoms with Gasteiger partial charge >= 0.3 is 5.97 Å². The highest BCUT2D eigenvalue weighted by Crippen LogP contribution is 2.29. The molecular formula is C27H26FN3O4. The average molecular weight is 476 g/mol. The maximum absolute atomic E-state index is 14.0. The number of ether oxygens (including phenoxy) is 3. The van der Waals surface area contributed by atoms with Crippen molar-refractivity contribution < 1.29 is 23.4 Å². The topological polar surface area (TPSA) is 96.6 Å². The molecule has 180 valence electrons. The first kappa shape index (κ1) is 24.1. The van der Waals surface area contributed by atoms with E-state index < -0.39 is 17.8 Å². The lowest BCUT2D eigenvalue weighted by Crippen LogP contribution is -2.31. The van der Waals surface area contributed by atoms with Gasteiger partial charge in [-0.1, -0.05) is 30.3 Å². The Labute approximate surface area is 202 Å². The van der Waals surface area contributed by atoms with Crippen LogP contribution in [0.2, 0.25) is 0 Å². The molecule has 0 aliphatic carbocycles. The third-order valence-electron chi connectivity index (χ3n) is 5.35. The van der Waals surface area contributed by atoms with Crippen LogP contribution in [0.25, 0.3) is 10.9 Å². The van der Waals surface area contributed by atoms with E-state index in [2.05, 4.69) is 9.97 Å². The number of hydrogen-bond acceptors (Lipinski definition) is 7. The molecule has 8 heteroatoms. The van der Waals surface area contributed by atoms with Crippen LogP contribution in [0.5, 0.6) is 11.5 Å². The summed E-state index contributed by atoms with van der Waals surface area (Å²) >= 11 is 0. The second-order valence-electron chi connectivity index (χ2n) is 8.14. The highest BCUT2D eigenvalue weighted by atomic mass is 19.1. The molecule has 4 aromatic rings. The zero-order valence-electron chi connectivity index (χ0n) is 19.5. The number of esters is 1. The van der Waals surface area contributed by atoms with Gasteiger partial charge in [-0.2, -0.15) is 0 Å². The summed E-state index contributed by atoms with van der Waals surface area (Å²) in [6.07, 6.45) is 1.54. The van der Waals surface area contributed by atoms with Crippen LogP contribution < -0.4 is 15.2 Å². The van der Waals surface area contributed by atoms with Crippen LogP contribution in [0, 0.1) is 12.7 Å². The zero-order valence-corrected chi connectivity index (χ0v) is 19.5. The summed E-state index contributed by atoms with van der Waals surface area (Å²) in [5.74, 6) is -0.259. The first-order chi connectivity index (χ1) is 16.9. The van der Waals surface area contributed by atoms with E-state index in [9.17, 15) is 9.18 Å². The van der Waals surface area contributed by atoms with Crippen molar-refractivity contribution in [3.8, 4) is 11.5 Å². The number of carbonyl (C=O) groups is 1. The quantitative estimate of drug-likeness (QED) is 0.359. The molecule has 7 nitrogen and oxygen atoms in total. The fraction of sp³-hybridized carbons (Fsp3) is 0.222. The maximum Gasteiger partial charge on any atom is 0.342 e. The van der Waals surface area contributed by atoms with Crippen molar-refractivity contribution in [2.45, 2.75) is 26.0 Å². The summed E-state index contributed by atoms with van der Waals surface area (Å²) in [5, 5.41) is 0.305. The Morgan fingerprint density at radius 2 is 1.91 bits per heavy atom. The van der Waals surface area contributed by atoms with Gasteiger partial charge in [-0.05, 0) is 30.7 Å². The zero-order chi connectivity index (χ0) is 24.8. The Morgan fingerprint density at radius 1 is 1.11 bits per heavy atom. The molecule has 35 heavy (non-hydrogen) atoms. The molecule has 0 spiro atoms. The monoisotopic (exact) mass is 475 g/mol. The number of aryl methyl sites for hydroxylation is 1. The minimum atomic E-state index is -0.638. The fourth-order valence-electron chi connectivity index (χ4n) is 3.73. The molecule has 2 aromatic heterocycles. The normalized spacial score (nSPS) is 11.8. The van der Waals surface area contributed by atoms with Gasteiger partial charge in [0.05, 0.1) is 18.8 Å².